The zero-order chi connectivity index (χ0) is 14.6. The van der Waals surface area contributed by atoms with Crippen molar-refractivity contribution in [3.05, 3.63) is 35.4 Å². The lowest BCUT2D eigenvalue weighted by Crippen LogP contribution is -2.40. The number of rotatable bonds is 3. The van der Waals surface area contributed by atoms with Crippen molar-refractivity contribution in [1.29, 1.82) is 5.26 Å². The number of carbonyl (C=O) groups excluding carboxylic acids is 1. The molecule has 0 aliphatic heterocycles. The molecule has 1 aromatic rings. The Hall–Kier alpha value is -2.03. The Labute approximate surface area is 109 Å². The fourth-order valence-electron chi connectivity index (χ4n) is 1.62. The molecule has 0 aromatic heterocycles. The van der Waals surface area contributed by atoms with Gasteiger partial charge in [-0.1, -0.05) is 26.0 Å². The van der Waals surface area contributed by atoms with Crippen LogP contribution in [0.1, 0.15) is 31.0 Å². The van der Waals surface area contributed by atoms with E-state index < -0.39 is 18.1 Å². The van der Waals surface area contributed by atoms with Gasteiger partial charge in [0.2, 0.25) is 0 Å². The van der Waals surface area contributed by atoms with E-state index in [1.54, 1.807) is 26.0 Å². The molecule has 0 aliphatic rings. The highest BCUT2D eigenvalue weighted by Crippen LogP contribution is 2.24. The van der Waals surface area contributed by atoms with Crippen molar-refractivity contribution in [3.8, 4) is 6.07 Å². The quantitative estimate of drug-likeness (QED) is 0.918. The summed E-state index contributed by atoms with van der Waals surface area (Å²) < 4.78 is 36.8. The first kappa shape index (κ1) is 15.0. The van der Waals surface area contributed by atoms with Crippen LogP contribution in [0.3, 0.4) is 0 Å². The van der Waals surface area contributed by atoms with E-state index in [0.29, 0.717) is 11.1 Å². The Kier molecular flexibility index (Phi) is 4.54. The number of nitrogens with zero attached hydrogens (tertiary/aromatic N) is 1. The number of nitriles is 1. The standard InChI is InChI=1S/C13H13F3N2O/c1-8(2)11(18-12(19)13(14,15)16)10-5-3-9(7-17)4-6-10/h3-6,8,11H,1-2H3,(H,18,19)/t11-/m0/s1. The molecule has 3 nitrogen and oxygen atoms in total. The third-order valence-corrected chi connectivity index (χ3v) is 2.61. The second kappa shape index (κ2) is 5.74. The number of carbonyl (C=O) groups is 1. The van der Waals surface area contributed by atoms with Gasteiger partial charge in [0.15, 0.2) is 0 Å². The normalized spacial score (nSPS) is 12.9. The molecule has 1 atom stereocenters. The minimum atomic E-state index is -4.90. The van der Waals surface area contributed by atoms with Crippen LogP contribution in [0.2, 0.25) is 0 Å². The second-order valence-corrected chi connectivity index (χ2v) is 4.43. The number of alkyl halides is 3. The van der Waals surface area contributed by atoms with E-state index in [2.05, 4.69) is 0 Å². The van der Waals surface area contributed by atoms with E-state index in [1.165, 1.54) is 12.1 Å². The summed E-state index contributed by atoms with van der Waals surface area (Å²) in [6, 6.07) is 7.26. The fraction of sp³-hybridized carbons (Fsp3) is 0.385. The van der Waals surface area contributed by atoms with Crippen LogP contribution in [-0.2, 0) is 4.79 Å². The van der Waals surface area contributed by atoms with Crippen molar-refractivity contribution in [2.45, 2.75) is 26.1 Å². The van der Waals surface area contributed by atoms with Crippen molar-refractivity contribution in [3.63, 3.8) is 0 Å². The van der Waals surface area contributed by atoms with Crippen LogP contribution in [0.5, 0.6) is 0 Å². The fourth-order valence-corrected chi connectivity index (χ4v) is 1.62. The lowest BCUT2D eigenvalue weighted by Gasteiger charge is -2.23. The van der Waals surface area contributed by atoms with E-state index in [9.17, 15) is 18.0 Å². The van der Waals surface area contributed by atoms with Gasteiger partial charge in [0.25, 0.3) is 0 Å². The van der Waals surface area contributed by atoms with Crippen LogP contribution in [0.15, 0.2) is 24.3 Å². The molecule has 0 fully saturated rings. The molecule has 19 heavy (non-hydrogen) atoms. The molecule has 102 valence electrons. The Morgan fingerprint density at radius 1 is 1.26 bits per heavy atom. The van der Waals surface area contributed by atoms with E-state index in [0.717, 1.165) is 0 Å². The van der Waals surface area contributed by atoms with Gasteiger partial charge in [0, 0.05) is 0 Å². The Morgan fingerprint density at radius 2 is 1.79 bits per heavy atom. The highest BCUT2D eigenvalue weighted by molar-refractivity contribution is 5.82. The van der Waals surface area contributed by atoms with Crippen LogP contribution in [-0.4, -0.2) is 12.1 Å². The molecule has 1 aromatic carbocycles. The molecule has 0 unspecified atom stereocenters. The zero-order valence-electron chi connectivity index (χ0n) is 10.5. The Morgan fingerprint density at radius 3 is 2.16 bits per heavy atom. The molecule has 0 saturated heterocycles. The predicted octanol–water partition coefficient (Wildman–Crippen LogP) is 2.93. The van der Waals surface area contributed by atoms with Gasteiger partial charge in [-0.2, -0.15) is 18.4 Å². The smallest absolute Gasteiger partial charge is 0.341 e. The predicted molar refractivity (Wildman–Crippen MR) is 62.9 cm³/mol. The summed E-state index contributed by atoms with van der Waals surface area (Å²) in [5.41, 5.74) is 0.944. The molecule has 0 bridgehead atoms. The molecule has 0 radical (unpaired) electrons. The van der Waals surface area contributed by atoms with Crippen molar-refractivity contribution >= 4 is 5.91 Å². The van der Waals surface area contributed by atoms with Crippen LogP contribution in [0.4, 0.5) is 13.2 Å². The summed E-state index contributed by atoms with van der Waals surface area (Å²) in [4.78, 5) is 11.0. The molecular weight excluding hydrogens is 257 g/mol. The lowest BCUT2D eigenvalue weighted by molar-refractivity contribution is -0.174. The average Bonchev–Trinajstić information content (AvgIpc) is 2.34. The number of hydrogen-bond acceptors (Lipinski definition) is 2. The number of hydrogen-bond donors (Lipinski definition) is 1. The van der Waals surface area contributed by atoms with E-state index in [-0.39, 0.29) is 5.92 Å². The van der Waals surface area contributed by atoms with Crippen molar-refractivity contribution in [2.75, 3.05) is 0 Å². The van der Waals surface area contributed by atoms with Crippen molar-refractivity contribution in [1.82, 2.24) is 5.32 Å². The average molecular weight is 270 g/mol. The molecule has 6 heteroatoms. The van der Waals surface area contributed by atoms with Gasteiger partial charge in [-0.25, -0.2) is 0 Å². The molecule has 0 heterocycles. The van der Waals surface area contributed by atoms with Crippen molar-refractivity contribution < 1.29 is 18.0 Å². The van der Waals surface area contributed by atoms with Gasteiger partial charge in [0.1, 0.15) is 0 Å². The lowest BCUT2D eigenvalue weighted by atomic mass is 9.95. The minimum Gasteiger partial charge on any atom is -0.341 e. The van der Waals surface area contributed by atoms with Gasteiger partial charge in [-0.05, 0) is 23.6 Å². The maximum Gasteiger partial charge on any atom is 0.471 e. The first-order valence-electron chi connectivity index (χ1n) is 5.63. The van der Waals surface area contributed by atoms with Crippen molar-refractivity contribution in [2.24, 2.45) is 5.92 Å². The summed E-state index contributed by atoms with van der Waals surface area (Å²) in [5, 5.41) is 10.6. The summed E-state index contributed by atoms with van der Waals surface area (Å²) in [6.07, 6.45) is -4.90. The highest BCUT2D eigenvalue weighted by Gasteiger charge is 2.40. The molecule has 0 aliphatic carbocycles. The molecule has 1 rings (SSSR count). The first-order valence-corrected chi connectivity index (χ1v) is 5.63. The maximum absolute atomic E-state index is 12.3. The largest absolute Gasteiger partial charge is 0.471 e. The third-order valence-electron chi connectivity index (χ3n) is 2.61. The summed E-state index contributed by atoms with van der Waals surface area (Å²) in [5.74, 6) is -2.17. The van der Waals surface area contributed by atoms with Gasteiger partial charge in [-0.3, -0.25) is 4.79 Å². The number of benzene rings is 1. The SMILES string of the molecule is CC(C)[C@H](NC(=O)C(F)(F)F)c1ccc(C#N)cc1. The molecular formula is C13H13F3N2O. The molecule has 0 saturated carbocycles. The van der Waals surface area contributed by atoms with Crippen LogP contribution in [0.25, 0.3) is 0 Å². The van der Waals surface area contributed by atoms with E-state index in [1.807, 2.05) is 11.4 Å². The van der Waals surface area contributed by atoms with Gasteiger partial charge in [-0.15, -0.1) is 0 Å². The van der Waals surface area contributed by atoms with Gasteiger partial charge in [0.05, 0.1) is 17.7 Å². The van der Waals surface area contributed by atoms with Crippen LogP contribution in [0, 0.1) is 17.2 Å². The Balaban J connectivity index is 2.95. The summed E-state index contributed by atoms with van der Waals surface area (Å²) in [6.45, 7) is 3.42. The number of halogens is 3. The summed E-state index contributed by atoms with van der Waals surface area (Å²) in [7, 11) is 0. The zero-order valence-corrected chi connectivity index (χ0v) is 10.5. The first-order chi connectivity index (χ1) is 8.75. The second-order valence-electron chi connectivity index (χ2n) is 4.43. The Bertz CT molecular complexity index is 486. The topological polar surface area (TPSA) is 52.9 Å². The third kappa shape index (κ3) is 3.98. The highest BCUT2D eigenvalue weighted by atomic mass is 19.4. The van der Waals surface area contributed by atoms with E-state index >= 15 is 0 Å². The minimum absolute atomic E-state index is 0.209. The summed E-state index contributed by atoms with van der Waals surface area (Å²) >= 11 is 0. The number of nitrogens with one attached hydrogen (secondary N) is 1. The van der Waals surface area contributed by atoms with Crippen LogP contribution < -0.4 is 5.32 Å². The molecule has 0 spiro atoms. The maximum atomic E-state index is 12.3. The van der Waals surface area contributed by atoms with E-state index in [4.69, 9.17) is 5.26 Å². The molecule has 1 N–H and O–H groups in total. The molecule has 1 amide bonds. The monoisotopic (exact) mass is 270 g/mol. The van der Waals surface area contributed by atoms with Crippen LogP contribution >= 0.6 is 0 Å². The number of amides is 1. The van der Waals surface area contributed by atoms with Gasteiger partial charge < -0.3 is 5.32 Å². The van der Waals surface area contributed by atoms with Gasteiger partial charge >= 0.3 is 12.1 Å².